The van der Waals surface area contributed by atoms with Crippen molar-refractivity contribution in [3.63, 3.8) is 0 Å². The number of imide groups is 1. The van der Waals surface area contributed by atoms with Crippen molar-refractivity contribution in [3.05, 3.63) is 70.7 Å². The first-order chi connectivity index (χ1) is 28.1. The number of aromatic nitrogens is 1. The molecule has 0 spiro atoms. The highest BCUT2D eigenvalue weighted by molar-refractivity contribution is 7.13. The number of nitrogens with zero attached hydrogens (tertiary/aromatic N) is 5. The molecule has 15 nitrogen and oxygen atoms in total. The Morgan fingerprint density at radius 2 is 1.83 bits per heavy atom. The lowest BCUT2D eigenvalue weighted by atomic mass is 9.85. The van der Waals surface area contributed by atoms with Crippen molar-refractivity contribution in [1.82, 2.24) is 30.3 Å². The van der Waals surface area contributed by atoms with Gasteiger partial charge in [0.05, 0.1) is 0 Å². The van der Waals surface area contributed by atoms with Crippen LogP contribution >= 0.6 is 11.3 Å². The Hall–Kier alpha value is -6.08. The summed E-state index contributed by atoms with van der Waals surface area (Å²) in [6, 6.07) is 10.0. The van der Waals surface area contributed by atoms with Crippen LogP contribution in [-0.2, 0) is 30.5 Å². The first kappa shape index (κ1) is 42.5. The highest BCUT2D eigenvalue weighted by atomic mass is 32.1. The summed E-state index contributed by atoms with van der Waals surface area (Å²) in [4.78, 5) is 101. The molecule has 1 aromatic heterocycles. The fraction of sp³-hybridized carbons (Fsp3) is 0.442. The van der Waals surface area contributed by atoms with Crippen LogP contribution in [0.25, 0.3) is 10.6 Å². The minimum atomic E-state index is -1.32. The number of hydrogen-bond acceptors (Lipinski definition) is 9. The van der Waals surface area contributed by atoms with Gasteiger partial charge < -0.3 is 30.0 Å². The van der Waals surface area contributed by atoms with Gasteiger partial charge in [0.1, 0.15) is 23.1 Å². The highest BCUT2D eigenvalue weighted by Crippen LogP contribution is 2.31. The number of nitrogens with one attached hydrogen (secondary N) is 2. The van der Waals surface area contributed by atoms with Crippen molar-refractivity contribution in [1.29, 1.82) is 0 Å². The molecule has 0 radical (unpaired) electrons. The second-order valence-corrected chi connectivity index (χ2v) is 16.9. The molecule has 2 fully saturated rings. The molecule has 3 N–H and O–H groups in total. The van der Waals surface area contributed by atoms with Gasteiger partial charge in [0, 0.05) is 86.4 Å². The Kier molecular flexibility index (Phi) is 13.1. The summed E-state index contributed by atoms with van der Waals surface area (Å²) in [7, 11) is 1.70. The molecule has 0 aliphatic carbocycles. The van der Waals surface area contributed by atoms with Gasteiger partial charge in [0.25, 0.3) is 5.91 Å². The lowest BCUT2D eigenvalue weighted by Crippen LogP contribution is -2.58. The Balaban J connectivity index is 1.09. The lowest BCUT2D eigenvalue weighted by Gasteiger charge is -2.36. The number of piperidine rings is 1. The van der Waals surface area contributed by atoms with E-state index in [9.17, 15) is 38.7 Å². The number of likely N-dealkylation sites (tertiary alicyclic amines) is 1. The van der Waals surface area contributed by atoms with E-state index in [4.69, 9.17) is 0 Å². The van der Waals surface area contributed by atoms with E-state index in [2.05, 4.69) is 27.5 Å². The van der Waals surface area contributed by atoms with Crippen LogP contribution < -0.4 is 15.5 Å². The number of anilines is 1. The zero-order valence-corrected chi connectivity index (χ0v) is 34.5. The maximum Gasteiger partial charge on any atom is 0.405 e. The summed E-state index contributed by atoms with van der Waals surface area (Å²) in [5, 5.41) is 16.9. The molecule has 7 amide bonds. The van der Waals surface area contributed by atoms with Gasteiger partial charge in [0.2, 0.25) is 29.5 Å². The van der Waals surface area contributed by atoms with Gasteiger partial charge in [-0.15, -0.1) is 11.3 Å². The monoisotopic (exact) mass is 823 g/mol. The van der Waals surface area contributed by atoms with Crippen molar-refractivity contribution in [2.75, 3.05) is 31.6 Å². The average Bonchev–Trinajstić information content (AvgIpc) is 3.98. The first-order valence-electron chi connectivity index (χ1n) is 19.7. The largest absolute Gasteiger partial charge is 0.465 e. The molecule has 2 aromatic carbocycles. The third kappa shape index (κ3) is 9.80. The maximum atomic E-state index is 14.4. The minimum absolute atomic E-state index is 0.0157. The SMILES string of the molecule is CN(CCCC#Cc1cccc2c1CN(C1CCC(=O)NC1=O)C2=O)C(=O)CCN(C(=O)[C@@H]1CCCN1C(=O)[C@@H](NC(=O)O)C(C)(C)C)c1ccc(-c2nccs2)cc1. The van der Waals surface area contributed by atoms with Crippen LogP contribution in [0.2, 0.25) is 0 Å². The van der Waals surface area contributed by atoms with E-state index in [1.54, 1.807) is 68.1 Å². The van der Waals surface area contributed by atoms with Crippen molar-refractivity contribution in [2.45, 2.75) is 90.4 Å². The number of fused-ring (bicyclic) bond motifs is 1. The van der Waals surface area contributed by atoms with E-state index in [1.807, 2.05) is 23.6 Å². The zero-order chi connectivity index (χ0) is 42.4. The molecular formula is C43H49N7O8S. The van der Waals surface area contributed by atoms with Gasteiger partial charge in [-0.3, -0.25) is 34.1 Å². The van der Waals surface area contributed by atoms with Gasteiger partial charge in [0.15, 0.2) is 0 Å². The van der Waals surface area contributed by atoms with E-state index in [0.717, 1.165) is 16.1 Å². The number of unbranched alkanes of at least 4 members (excludes halogenated alkanes) is 1. The molecule has 3 aliphatic heterocycles. The summed E-state index contributed by atoms with van der Waals surface area (Å²) in [6.07, 6.45) is 2.87. The molecule has 0 saturated carbocycles. The Morgan fingerprint density at radius 1 is 1.07 bits per heavy atom. The second-order valence-electron chi connectivity index (χ2n) is 16.0. The average molecular weight is 824 g/mol. The van der Waals surface area contributed by atoms with Crippen LogP contribution in [0.15, 0.2) is 54.0 Å². The van der Waals surface area contributed by atoms with E-state index < -0.39 is 41.4 Å². The second kappa shape index (κ2) is 18.2. The summed E-state index contributed by atoms with van der Waals surface area (Å²) in [6.45, 7) is 6.29. The third-order valence-corrected chi connectivity index (χ3v) is 11.7. The van der Waals surface area contributed by atoms with Crippen LogP contribution in [0.5, 0.6) is 0 Å². The standard InChI is InChI=1S/C43H49N7O8S/c1-43(2,3)36(46-42(57)58)41(56)49-23-9-13-33(49)40(55)48(29-16-14-28(15-17-29)38-44-21-25-59-38)24-20-35(52)47(4)22-7-5-6-10-27-11-8-12-30-31(27)26-50(39(30)54)32-18-19-34(51)45-37(32)53/h8,11-12,14-17,21,25,32-33,36,46H,5,7,9,13,18-20,22-24,26H2,1-4H3,(H,57,58)(H,45,51,53)/t32?,33-,36+/m0/s1. The summed E-state index contributed by atoms with van der Waals surface area (Å²) in [5.74, 6) is 4.25. The quantitative estimate of drug-likeness (QED) is 0.136. The number of carbonyl (C=O) groups is 7. The zero-order valence-electron chi connectivity index (χ0n) is 33.7. The summed E-state index contributed by atoms with van der Waals surface area (Å²) >= 11 is 1.49. The number of thiazole rings is 1. The van der Waals surface area contributed by atoms with Crippen LogP contribution in [-0.4, -0.2) is 111 Å². The third-order valence-electron chi connectivity index (χ3n) is 10.9. The molecule has 16 heteroatoms. The Morgan fingerprint density at radius 3 is 2.51 bits per heavy atom. The van der Waals surface area contributed by atoms with Crippen molar-refractivity contribution < 1.29 is 38.7 Å². The number of rotatable bonds is 12. The fourth-order valence-corrected chi connectivity index (χ4v) is 8.35. The van der Waals surface area contributed by atoms with Gasteiger partial charge in [-0.25, -0.2) is 9.78 Å². The maximum absolute atomic E-state index is 14.4. The molecule has 59 heavy (non-hydrogen) atoms. The number of amides is 7. The topological polar surface area (TPSA) is 190 Å². The molecule has 3 aromatic rings. The predicted molar refractivity (Wildman–Crippen MR) is 220 cm³/mol. The Bertz CT molecular complexity index is 2170. The number of carbonyl (C=O) groups excluding carboxylic acids is 6. The molecule has 310 valence electrons. The van der Waals surface area contributed by atoms with Gasteiger partial charge in [-0.2, -0.15) is 0 Å². The summed E-state index contributed by atoms with van der Waals surface area (Å²) in [5.41, 5.74) is 2.61. The van der Waals surface area contributed by atoms with Gasteiger partial charge >= 0.3 is 6.09 Å². The normalized spacial score (nSPS) is 18.1. The van der Waals surface area contributed by atoms with Gasteiger partial charge in [-0.05, 0) is 73.1 Å². The molecule has 4 heterocycles. The smallest absolute Gasteiger partial charge is 0.405 e. The van der Waals surface area contributed by atoms with Crippen molar-refractivity contribution >= 4 is 58.6 Å². The molecule has 0 bridgehead atoms. The van der Waals surface area contributed by atoms with E-state index >= 15 is 0 Å². The first-order valence-corrected chi connectivity index (χ1v) is 20.6. The van der Waals surface area contributed by atoms with Gasteiger partial charge in [-0.1, -0.05) is 38.7 Å². The highest BCUT2D eigenvalue weighted by Gasteiger charge is 2.44. The number of hydrogen-bond donors (Lipinski definition) is 3. The molecule has 1 unspecified atom stereocenters. The van der Waals surface area contributed by atoms with Crippen LogP contribution in [0.3, 0.4) is 0 Å². The van der Waals surface area contributed by atoms with E-state index in [0.29, 0.717) is 55.6 Å². The summed E-state index contributed by atoms with van der Waals surface area (Å²) < 4.78 is 0. The van der Waals surface area contributed by atoms with Crippen LogP contribution in [0.1, 0.15) is 87.2 Å². The number of carboxylic acid groups (broad SMARTS) is 1. The van der Waals surface area contributed by atoms with E-state index in [1.165, 1.54) is 21.1 Å². The van der Waals surface area contributed by atoms with Crippen molar-refractivity contribution in [3.8, 4) is 22.4 Å². The molecule has 6 rings (SSSR count). The van der Waals surface area contributed by atoms with Crippen LogP contribution in [0, 0.1) is 17.3 Å². The minimum Gasteiger partial charge on any atom is -0.465 e. The molecule has 2 saturated heterocycles. The number of benzene rings is 2. The molecule has 3 aliphatic rings. The molecule has 3 atom stereocenters. The van der Waals surface area contributed by atoms with Crippen LogP contribution in [0.4, 0.5) is 10.5 Å². The fourth-order valence-electron chi connectivity index (χ4n) is 7.71. The van der Waals surface area contributed by atoms with E-state index in [-0.39, 0.29) is 56.0 Å². The van der Waals surface area contributed by atoms with Crippen molar-refractivity contribution in [2.24, 2.45) is 5.41 Å². The Labute approximate surface area is 347 Å². The molecular weight excluding hydrogens is 775 g/mol. The predicted octanol–water partition coefficient (Wildman–Crippen LogP) is 4.26. The lowest BCUT2D eigenvalue weighted by molar-refractivity contribution is -0.141.